The minimum Gasteiger partial charge on any atom is -0.465 e. The van der Waals surface area contributed by atoms with Crippen molar-refractivity contribution >= 4 is 17.9 Å². The summed E-state index contributed by atoms with van der Waals surface area (Å²) < 4.78 is 7.79. The minimum atomic E-state index is -0.288. The largest absolute Gasteiger partial charge is 0.465 e. The quantitative estimate of drug-likeness (QED) is 0.499. The van der Waals surface area contributed by atoms with Crippen molar-refractivity contribution in [3.05, 3.63) is 35.4 Å². The third kappa shape index (κ3) is 6.34. The molecular weight excluding hydrogens is 234 g/mol. The monoisotopic (exact) mass is 255 g/mol. The summed E-state index contributed by atoms with van der Waals surface area (Å²) in [5, 5.41) is 0. The predicted octanol–water partition coefficient (Wildman–Crippen LogP) is 2.91. The number of methoxy groups -OCH3 is 1. The molecule has 0 aliphatic rings. The summed E-state index contributed by atoms with van der Waals surface area (Å²) in [6, 6.07) is 7.49. The zero-order chi connectivity index (χ0) is 13.1. The molecule has 0 bridgehead atoms. The van der Waals surface area contributed by atoms with Gasteiger partial charge in [-0.25, -0.2) is 4.79 Å². The Kier molecular flexibility index (Phi) is 9.57. The molecule has 0 spiro atoms. The Labute approximate surface area is 108 Å². The maximum atomic E-state index is 11.1. The van der Waals surface area contributed by atoms with Crippen LogP contribution in [0.4, 0.5) is 0 Å². The average molecular weight is 255 g/mol. The zero-order valence-electron chi connectivity index (χ0n) is 10.9. The van der Waals surface area contributed by atoms with Crippen molar-refractivity contribution < 1.29 is 9.53 Å². The predicted molar refractivity (Wildman–Crippen MR) is 74.4 cm³/mol. The van der Waals surface area contributed by atoms with Gasteiger partial charge >= 0.3 is 5.97 Å². The van der Waals surface area contributed by atoms with Crippen molar-refractivity contribution in [2.75, 3.05) is 19.9 Å². The molecule has 3 nitrogen and oxygen atoms in total. The Balaban J connectivity index is 0.00000121. The highest BCUT2D eigenvalue weighted by Crippen LogP contribution is 2.06. The van der Waals surface area contributed by atoms with E-state index in [4.69, 9.17) is 0 Å². The Morgan fingerprint density at radius 1 is 1.29 bits per heavy atom. The van der Waals surface area contributed by atoms with Gasteiger partial charge in [-0.15, -0.1) is 0 Å². The fraction of sp³-hybridized carbons (Fsp3) is 0.462. The maximum absolute atomic E-state index is 11.1. The standard InChI is InChI=1S/C11H15NO2S.C2H6/c1-14-11(13)10-5-3-9(4-6-10)7-8-12-15-2;1-2/h3-6,12H,7-8H2,1-2H3;1-2H3. The van der Waals surface area contributed by atoms with E-state index in [1.54, 1.807) is 24.1 Å². The van der Waals surface area contributed by atoms with E-state index in [1.807, 2.05) is 32.2 Å². The summed E-state index contributed by atoms with van der Waals surface area (Å²) in [5.74, 6) is -0.288. The number of nitrogens with one attached hydrogen (secondary N) is 1. The van der Waals surface area contributed by atoms with Gasteiger partial charge < -0.3 is 4.74 Å². The van der Waals surface area contributed by atoms with Gasteiger partial charge in [0.15, 0.2) is 0 Å². The Bertz CT molecular complexity index is 312. The van der Waals surface area contributed by atoms with Gasteiger partial charge in [0.05, 0.1) is 12.7 Å². The first-order valence-corrected chi connectivity index (χ1v) is 6.93. The second kappa shape index (κ2) is 10.2. The topological polar surface area (TPSA) is 38.3 Å². The summed E-state index contributed by atoms with van der Waals surface area (Å²) in [6.45, 7) is 4.93. The number of carbonyl (C=O) groups is 1. The van der Waals surface area contributed by atoms with Crippen molar-refractivity contribution in [1.29, 1.82) is 0 Å². The van der Waals surface area contributed by atoms with E-state index in [-0.39, 0.29) is 5.97 Å². The van der Waals surface area contributed by atoms with E-state index in [0.29, 0.717) is 5.56 Å². The molecule has 0 atom stereocenters. The van der Waals surface area contributed by atoms with Crippen LogP contribution in [0.25, 0.3) is 0 Å². The molecule has 0 fully saturated rings. The molecule has 4 heteroatoms. The molecule has 0 saturated carbocycles. The Hall–Kier alpha value is -1.00. The van der Waals surface area contributed by atoms with Gasteiger partial charge in [0.2, 0.25) is 0 Å². The molecule has 1 rings (SSSR count). The number of hydrogen-bond acceptors (Lipinski definition) is 4. The van der Waals surface area contributed by atoms with Crippen LogP contribution in [0.5, 0.6) is 0 Å². The zero-order valence-corrected chi connectivity index (χ0v) is 11.8. The summed E-state index contributed by atoms with van der Waals surface area (Å²) in [4.78, 5) is 11.1. The summed E-state index contributed by atoms with van der Waals surface area (Å²) >= 11 is 1.61. The second-order valence-corrected chi connectivity index (χ2v) is 3.73. The van der Waals surface area contributed by atoms with Gasteiger partial charge in [-0.2, -0.15) is 0 Å². The first kappa shape index (κ1) is 16.0. The molecule has 0 amide bonds. The molecule has 0 aliphatic carbocycles. The van der Waals surface area contributed by atoms with Crippen LogP contribution in [-0.2, 0) is 11.2 Å². The Morgan fingerprint density at radius 2 is 1.88 bits per heavy atom. The lowest BCUT2D eigenvalue weighted by atomic mass is 10.1. The van der Waals surface area contributed by atoms with E-state index >= 15 is 0 Å². The van der Waals surface area contributed by atoms with Crippen LogP contribution in [0.2, 0.25) is 0 Å². The van der Waals surface area contributed by atoms with E-state index in [0.717, 1.165) is 13.0 Å². The van der Waals surface area contributed by atoms with Crippen molar-refractivity contribution in [1.82, 2.24) is 4.72 Å². The van der Waals surface area contributed by atoms with E-state index < -0.39 is 0 Å². The van der Waals surface area contributed by atoms with Crippen LogP contribution in [-0.4, -0.2) is 25.9 Å². The minimum absolute atomic E-state index is 0.288. The van der Waals surface area contributed by atoms with Crippen molar-refractivity contribution in [3.63, 3.8) is 0 Å². The molecule has 17 heavy (non-hydrogen) atoms. The number of hydrogen-bond donors (Lipinski definition) is 1. The van der Waals surface area contributed by atoms with Gasteiger partial charge in [0.1, 0.15) is 0 Å². The molecule has 0 aromatic heterocycles. The Morgan fingerprint density at radius 3 is 2.35 bits per heavy atom. The fourth-order valence-corrected chi connectivity index (χ4v) is 1.53. The highest BCUT2D eigenvalue weighted by atomic mass is 32.2. The maximum Gasteiger partial charge on any atom is 0.337 e. The second-order valence-electron chi connectivity index (χ2n) is 3.04. The van der Waals surface area contributed by atoms with Crippen molar-refractivity contribution in [2.24, 2.45) is 0 Å². The molecule has 0 unspecified atom stereocenters. The van der Waals surface area contributed by atoms with Gasteiger partial charge in [-0.05, 0) is 30.4 Å². The molecule has 0 heterocycles. The first-order valence-electron chi connectivity index (χ1n) is 5.71. The normalized spacial score (nSPS) is 9.18. The molecule has 96 valence electrons. The van der Waals surface area contributed by atoms with Gasteiger partial charge in [0.25, 0.3) is 0 Å². The van der Waals surface area contributed by atoms with Crippen LogP contribution < -0.4 is 4.72 Å². The lowest BCUT2D eigenvalue weighted by molar-refractivity contribution is 0.0600. The number of carbonyl (C=O) groups excluding carboxylic acids is 1. The molecular formula is C13H21NO2S. The lowest BCUT2D eigenvalue weighted by Gasteiger charge is -2.03. The van der Waals surface area contributed by atoms with Crippen LogP contribution in [0, 0.1) is 0 Å². The molecule has 0 radical (unpaired) electrons. The fourth-order valence-electron chi connectivity index (χ4n) is 1.22. The molecule has 1 N–H and O–H groups in total. The van der Waals surface area contributed by atoms with Crippen molar-refractivity contribution in [2.45, 2.75) is 20.3 Å². The van der Waals surface area contributed by atoms with E-state index in [1.165, 1.54) is 12.7 Å². The molecule has 0 aliphatic heterocycles. The molecule has 1 aromatic carbocycles. The number of benzene rings is 1. The SMILES string of the molecule is CC.COC(=O)c1ccc(CCNSC)cc1. The smallest absolute Gasteiger partial charge is 0.337 e. The highest BCUT2D eigenvalue weighted by Gasteiger charge is 2.03. The number of rotatable bonds is 5. The third-order valence-corrected chi connectivity index (χ3v) is 2.53. The molecule has 0 saturated heterocycles. The van der Waals surface area contributed by atoms with Gasteiger partial charge in [0, 0.05) is 6.54 Å². The van der Waals surface area contributed by atoms with Crippen molar-refractivity contribution in [3.8, 4) is 0 Å². The van der Waals surface area contributed by atoms with Crippen LogP contribution in [0.3, 0.4) is 0 Å². The van der Waals surface area contributed by atoms with Crippen LogP contribution >= 0.6 is 11.9 Å². The van der Waals surface area contributed by atoms with Crippen LogP contribution in [0.15, 0.2) is 24.3 Å². The highest BCUT2D eigenvalue weighted by molar-refractivity contribution is 7.96. The summed E-state index contributed by atoms with van der Waals surface area (Å²) in [5.41, 5.74) is 1.81. The lowest BCUT2D eigenvalue weighted by Crippen LogP contribution is -2.08. The van der Waals surface area contributed by atoms with E-state index in [2.05, 4.69) is 9.46 Å². The number of ether oxygens (including phenoxy) is 1. The van der Waals surface area contributed by atoms with Gasteiger partial charge in [-0.3, -0.25) is 4.72 Å². The summed E-state index contributed by atoms with van der Waals surface area (Å²) in [7, 11) is 1.39. The van der Waals surface area contributed by atoms with Crippen LogP contribution in [0.1, 0.15) is 29.8 Å². The number of esters is 1. The first-order chi connectivity index (χ1) is 8.27. The average Bonchev–Trinajstić information content (AvgIpc) is 2.41. The van der Waals surface area contributed by atoms with E-state index in [9.17, 15) is 4.79 Å². The summed E-state index contributed by atoms with van der Waals surface area (Å²) in [6.07, 6.45) is 2.96. The third-order valence-electron chi connectivity index (χ3n) is 2.04. The van der Waals surface area contributed by atoms with Gasteiger partial charge in [-0.1, -0.05) is 37.9 Å². The molecule has 1 aromatic rings.